The molecule has 0 saturated carbocycles. The van der Waals surface area contributed by atoms with Gasteiger partial charge >= 0.3 is 0 Å². The molecule has 0 spiro atoms. The highest BCUT2D eigenvalue weighted by molar-refractivity contribution is 7.81. The summed E-state index contributed by atoms with van der Waals surface area (Å²) in [7, 11) is 0. The number of para-hydroxylation sites is 2. The summed E-state index contributed by atoms with van der Waals surface area (Å²) in [4.78, 5) is 2.15. The minimum Gasteiger partial charge on any atom is -0.345 e. The first-order chi connectivity index (χ1) is 8.28. The SMILES string of the molecule is CCc1cc2c(s1)Nc1ccccc1NC2=S. The molecule has 2 aromatic rings. The minimum atomic E-state index is 0.799. The van der Waals surface area contributed by atoms with E-state index in [9.17, 15) is 0 Å². The lowest BCUT2D eigenvalue weighted by Gasteiger charge is -2.07. The second-order valence-electron chi connectivity index (χ2n) is 3.93. The van der Waals surface area contributed by atoms with E-state index in [1.807, 2.05) is 18.2 Å². The molecule has 4 heteroatoms. The van der Waals surface area contributed by atoms with Crippen LogP contribution in [0.1, 0.15) is 17.4 Å². The van der Waals surface area contributed by atoms with Crippen molar-refractivity contribution < 1.29 is 0 Å². The molecular formula is C13H12N2S2. The molecule has 86 valence electrons. The molecule has 1 aliphatic rings. The lowest BCUT2D eigenvalue weighted by atomic mass is 10.2. The van der Waals surface area contributed by atoms with Gasteiger partial charge in [0.1, 0.15) is 9.99 Å². The number of nitrogens with one attached hydrogen (secondary N) is 2. The molecule has 17 heavy (non-hydrogen) atoms. The summed E-state index contributed by atoms with van der Waals surface area (Å²) in [6.07, 6.45) is 1.05. The lowest BCUT2D eigenvalue weighted by Crippen LogP contribution is -2.08. The molecular weight excluding hydrogens is 248 g/mol. The molecule has 1 aromatic carbocycles. The summed E-state index contributed by atoms with van der Waals surface area (Å²) in [6.45, 7) is 2.16. The molecule has 2 heterocycles. The van der Waals surface area contributed by atoms with Crippen molar-refractivity contribution in [2.24, 2.45) is 0 Å². The van der Waals surface area contributed by atoms with Gasteiger partial charge in [-0.3, -0.25) is 0 Å². The van der Waals surface area contributed by atoms with Crippen molar-refractivity contribution in [1.82, 2.24) is 0 Å². The van der Waals surface area contributed by atoms with Gasteiger partial charge in [0.2, 0.25) is 0 Å². The van der Waals surface area contributed by atoms with Gasteiger partial charge in [0.15, 0.2) is 0 Å². The zero-order valence-corrected chi connectivity index (χ0v) is 11.0. The Kier molecular flexibility index (Phi) is 2.61. The molecule has 2 N–H and O–H groups in total. The van der Waals surface area contributed by atoms with Crippen LogP contribution < -0.4 is 10.6 Å². The van der Waals surface area contributed by atoms with Gasteiger partial charge in [-0.1, -0.05) is 31.3 Å². The molecule has 3 rings (SSSR count). The van der Waals surface area contributed by atoms with Gasteiger partial charge in [-0.25, -0.2) is 0 Å². The van der Waals surface area contributed by atoms with Crippen LogP contribution in [0, 0.1) is 0 Å². The van der Waals surface area contributed by atoms with Gasteiger partial charge in [0.25, 0.3) is 0 Å². The lowest BCUT2D eigenvalue weighted by molar-refractivity contribution is 1.19. The van der Waals surface area contributed by atoms with E-state index in [2.05, 4.69) is 29.7 Å². The number of hydrogen-bond acceptors (Lipinski definition) is 3. The maximum Gasteiger partial charge on any atom is 0.114 e. The first kappa shape index (κ1) is 10.7. The molecule has 0 atom stereocenters. The number of fused-ring (bicyclic) bond motifs is 2. The molecule has 0 saturated heterocycles. The van der Waals surface area contributed by atoms with Crippen molar-refractivity contribution >= 4 is 44.9 Å². The van der Waals surface area contributed by atoms with E-state index in [1.165, 1.54) is 4.88 Å². The van der Waals surface area contributed by atoms with Crippen LogP contribution in [-0.4, -0.2) is 4.99 Å². The van der Waals surface area contributed by atoms with Crippen LogP contribution in [0.2, 0.25) is 0 Å². The van der Waals surface area contributed by atoms with Gasteiger partial charge < -0.3 is 10.6 Å². The summed E-state index contributed by atoms with van der Waals surface area (Å²) in [5.41, 5.74) is 3.23. The fourth-order valence-electron chi connectivity index (χ4n) is 1.89. The Morgan fingerprint density at radius 1 is 1.18 bits per heavy atom. The minimum absolute atomic E-state index is 0.799. The number of thiophene rings is 1. The molecule has 0 fully saturated rings. The molecule has 1 aliphatic heterocycles. The van der Waals surface area contributed by atoms with Crippen molar-refractivity contribution in [1.29, 1.82) is 0 Å². The largest absolute Gasteiger partial charge is 0.345 e. The second kappa shape index (κ2) is 4.13. The van der Waals surface area contributed by atoms with Crippen LogP contribution in [-0.2, 0) is 6.42 Å². The highest BCUT2D eigenvalue weighted by Gasteiger charge is 2.18. The maximum atomic E-state index is 5.44. The summed E-state index contributed by atoms with van der Waals surface area (Å²) in [6, 6.07) is 10.3. The highest BCUT2D eigenvalue weighted by atomic mass is 32.1. The van der Waals surface area contributed by atoms with E-state index in [1.54, 1.807) is 11.3 Å². The molecule has 0 bridgehead atoms. The Bertz CT molecular complexity index is 587. The summed E-state index contributed by atoms with van der Waals surface area (Å²) in [5, 5.41) is 7.89. The summed E-state index contributed by atoms with van der Waals surface area (Å²) < 4.78 is 0. The molecule has 0 unspecified atom stereocenters. The Morgan fingerprint density at radius 3 is 2.59 bits per heavy atom. The predicted octanol–water partition coefficient (Wildman–Crippen LogP) is 4.16. The normalized spacial score (nSPS) is 13.1. The fourth-order valence-corrected chi connectivity index (χ4v) is 3.24. The predicted molar refractivity (Wildman–Crippen MR) is 78.7 cm³/mol. The zero-order chi connectivity index (χ0) is 11.8. The summed E-state index contributed by atoms with van der Waals surface area (Å²) >= 11 is 7.22. The van der Waals surface area contributed by atoms with Crippen LogP contribution in [0.5, 0.6) is 0 Å². The number of anilines is 3. The van der Waals surface area contributed by atoms with Gasteiger partial charge in [-0.15, -0.1) is 11.3 Å². The number of thiocarbonyl (C=S) groups is 1. The first-order valence-corrected chi connectivity index (χ1v) is 6.80. The van der Waals surface area contributed by atoms with Crippen LogP contribution in [0.3, 0.4) is 0 Å². The summed E-state index contributed by atoms with van der Waals surface area (Å²) in [5.74, 6) is 0. The highest BCUT2D eigenvalue weighted by Crippen LogP contribution is 2.37. The van der Waals surface area contributed by atoms with E-state index in [0.29, 0.717) is 0 Å². The third-order valence-corrected chi connectivity index (χ3v) is 4.32. The van der Waals surface area contributed by atoms with Crippen LogP contribution in [0.4, 0.5) is 16.4 Å². The third kappa shape index (κ3) is 1.83. The van der Waals surface area contributed by atoms with Crippen LogP contribution in [0.25, 0.3) is 0 Å². The molecule has 2 nitrogen and oxygen atoms in total. The van der Waals surface area contributed by atoms with Crippen LogP contribution in [0.15, 0.2) is 30.3 Å². The van der Waals surface area contributed by atoms with Gasteiger partial charge in [-0.05, 0) is 24.6 Å². The van der Waals surface area contributed by atoms with E-state index in [-0.39, 0.29) is 0 Å². The molecule has 1 aromatic heterocycles. The van der Waals surface area contributed by atoms with Gasteiger partial charge in [-0.2, -0.15) is 0 Å². The van der Waals surface area contributed by atoms with Crippen molar-refractivity contribution in [2.75, 3.05) is 10.6 Å². The zero-order valence-electron chi connectivity index (χ0n) is 9.41. The maximum absolute atomic E-state index is 5.44. The van der Waals surface area contributed by atoms with Crippen molar-refractivity contribution in [3.63, 3.8) is 0 Å². The number of aryl methyl sites for hydroxylation is 1. The van der Waals surface area contributed by atoms with Crippen molar-refractivity contribution in [3.8, 4) is 0 Å². The Balaban J connectivity index is 2.12. The van der Waals surface area contributed by atoms with Crippen LogP contribution >= 0.6 is 23.6 Å². The molecule has 0 radical (unpaired) electrons. The number of hydrogen-bond donors (Lipinski definition) is 2. The van der Waals surface area contributed by atoms with E-state index in [4.69, 9.17) is 12.2 Å². The quantitative estimate of drug-likeness (QED) is 0.753. The second-order valence-corrected chi connectivity index (χ2v) is 5.48. The van der Waals surface area contributed by atoms with E-state index >= 15 is 0 Å². The Morgan fingerprint density at radius 2 is 1.88 bits per heavy atom. The van der Waals surface area contributed by atoms with Crippen molar-refractivity contribution in [3.05, 3.63) is 40.8 Å². The number of rotatable bonds is 1. The van der Waals surface area contributed by atoms with Gasteiger partial charge in [0, 0.05) is 10.4 Å². The molecule has 0 aliphatic carbocycles. The molecule has 0 amide bonds. The van der Waals surface area contributed by atoms with Gasteiger partial charge in [0.05, 0.1) is 11.4 Å². The topological polar surface area (TPSA) is 24.1 Å². The number of benzene rings is 1. The smallest absolute Gasteiger partial charge is 0.114 e. The fraction of sp³-hybridized carbons (Fsp3) is 0.154. The average molecular weight is 260 g/mol. The first-order valence-electron chi connectivity index (χ1n) is 5.58. The monoisotopic (exact) mass is 260 g/mol. The van der Waals surface area contributed by atoms with E-state index in [0.717, 1.165) is 33.3 Å². The van der Waals surface area contributed by atoms with Crippen molar-refractivity contribution in [2.45, 2.75) is 13.3 Å². The third-order valence-electron chi connectivity index (χ3n) is 2.80. The Labute approximate surface area is 110 Å². The average Bonchev–Trinajstić information content (AvgIpc) is 2.69. The Hall–Kier alpha value is -1.39. The van der Waals surface area contributed by atoms with E-state index < -0.39 is 0 Å². The standard InChI is InChI=1S/C13H12N2S2/c1-2-8-7-9-12(16)14-10-5-3-4-6-11(10)15-13(9)17-8/h3-7,15H,2H2,1H3,(H,14,16).